The van der Waals surface area contributed by atoms with Crippen molar-refractivity contribution in [3.8, 4) is 0 Å². The number of hydrogen-bond acceptors (Lipinski definition) is 3. The summed E-state index contributed by atoms with van der Waals surface area (Å²) in [4.78, 5) is 24.5. The predicted octanol–water partition coefficient (Wildman–Crippen LogP) is 1.29. The van der Waals surface area contributed by atoms with Crippen LogP contribution in [-0.4, -0.2) is 53.4 Å². The van der Waals surface area contributed by atoms with Crippen molar-refractivity contribution < 1.29 is 19.8 Å². The highest BCUT2D eigenvalue weighted by molar-refractivity contribution is 5.74. The van der Waals surface area contributed by atoms with Crippen molar-refractivity contribution in [2.45, 2.75) is 45.1 Å². The monoisotopic (exact) mass is 286 g/mol. The van der Waals surface area contributed by atoms with E-state index in [0.29, 0.717) is 25.9 Å². The van der Waals surface area contributed by atoms with Gasteiger partial charge in [-0.15, -0.1) is 0 Å². The van der Waals surface area contributed by atoms with Crippen molar-refractivity contribution in [2.24, 2.45) is 11.8 Å². The van der Waals surface area contributed by atoms with Crippen LogP contribution in [0.15, 0.2) is 0 Å². The second kappa shape index (κ2) is 8.09. The zero-order chi connectivity index (χ0) is 15.1. The Labute approximate surface area is 120 Å². The third kappa shape index (κ3) is 5.36. The first-order chi connectivity index (χ1) is 9.41. The molecule has 1 aliphatic carbocycles. The highest BCUT2D eigenvalue weighted by Crippen LogP contribution is 2.29. The van der Waals surface area contributed by atoms with Crippen LogP contribution in [-0.2, 0) is 4.79 Å². The van der Waals surface area contributed by atoms with E-state index in [1.54, 1.807) is 14.0 Å². The molecule has 3 N–H and O–H groups in total. The Morgan fingerprint density at radius 3 is 2.60 bits per heavy atom. The number of aliphatic carboxylic acids is 1. The quantitative estimate of drug-likeness (QED) is 0.686. The number of carboxylic acid groups (broad SMARTS) is 1. The molecule has 0 aromatic rings. The molecule has 0 aliphatic heterocycles. The lowest BCUT2D eigenvalue weighted by molar-refractivity contribution is -0.144. The van der Waals surface area contributed by atoms with E-state index in [4.69, 9.17) is 0 Å². The molecular formula is C14H26N2O4. The fraction of sp³-hybridized carbons (Fsp3) is 0.857. The second-order valence-electron chi connectivity index (χ2n) is 5.73. The van der Waals surface area contributed by atoms with Gasteiger partial charge in [-0.05, 0) is 32.1 Å². The van der Waals surface area contributed by atoms with Gasteiger partial charge in [-0.1, -0.05) is 12.8 Å². The maximum atomic E-state index is 11.9. The van der Waals surface area contributed by atoms with Crippen LogP contribution >= 0.6 is 0 Å². The number of aliphatic hydroxyl groups excluding tert-OH is 1. The van der Waals surface area contributed by atoms with E-state index in [1.165, 1.54) is 4.90 Å². The van der Waals surface area contributed by atoms with Gasteiger partial charge in [0.05, 0.1) is 12.0 Å². The van der Waals surface area contributed by atoms with Gasteiger partial charge in [-0.3, -0.25) is 4.79 Å². The summed E-state index contributed by atoms with van der Waals surface area (Å²) in [6.07, 6.45) is 3.64. The highest BCUT2D eigenvalue weighted by Gasteiger charge is 2.30. The molecule has 0 saturated heterocycles. The molecule has 3 atom stereocenters. The van der Waals surface area contributed by atoms with Gasteiger partial charge in [0.2, 0.25) is 0 Å². The third-order valence-electron chi connectivity index (χ3n) is 3.97. The zero-order valence-electron chi connectivity index (χ0n) is 12.3. The molecule has 0 aromatic heterocycles. The van der Waals surface area contributed by atoms with Crippen LogP contribution in [0, 0.1) is 11.8 Å². The first-order valence-electron chi connectivity index (χ1n) is 7.31. The Hall–Kier alpha value is -1.30. The Kier molecular flexibility index (Phi) is 6.78. The van der Waals surface area contributed by atoms with Crippen LogP contribution < -0.4 is 5.32 Å². The number of urea groups is 1. The van der Waals surface area contributed by atoms with Gasteiger partial charge >= 0.3 is 12.0 Å². The van der Waals surface area contributed by atoms with E-state index in [0.717, 1.165) is 19.3 Å². The molecule has 0 aromatic carbocycles. The van der Waals surface area contributed by atoms with Gasteiger partial charge in [-0.25, -0.2) is 4.79 Å². The Balaban J connectivity index is 2.36. The predicted molar refractivity (Wildman–Crippen MR) is 75.4 cm³/mol. The minimum Gasteiger partial charge on any atom is -0.481 e. The fourth-order valence-electron chi connectivity index (χ4n) is 2.61. The standard InChI is InChI=1S/C14H26N2O4/c1-10(17)7-8-16(2)14(20)15-9-11-5-3-4-6-12(11)13(18)19/h10-12,17H,3-9H2,1-2H3,(H,15,20)(H,18,19). The van der Waals surface area contributed by atoms with Crippen molar-refractivity contribution in [1.82, 2.24) is 10.2 Å². The number of aliphatic hydroxyl groups is 1. The lowest BCUT2D eigenvalue weighted by atomic mass is 9.79. The molecular weight excluding hydrogens is 260 g/mol. The first kappa shape index (κ1) is 16.8. The van der Waals surface area contributed by atoms with Gasteiger partial charge in [0.25, 0.3) is 0 Å². The van der Waals surface area contributed by atoms with Crippen LogP contribution in [0.1, 0.15) is 39.0 Å². The molecule has 20 heavy (non-hydrogen) atoms. The van der Waals surface area contributed by atoms with Crippen LogP contribution in [0.2, 0.25) is 0 Å². The first-order valence-corrected chi connectivity index (χ1v) is 7.31. The van der Waals surface area contributed by atoms with Gasteiger partial charge in [0.1, 0.15) is 0 Å². The number of rotatable bonds is 6. The summed E-state index contributed by atoms with van der Waals surface area (Å²) >= 11 is 0. The summed E-state index contributed by atoms with van der Waals surface area (Å²) in [5.41, 5.74) is 0. The molecule has 1 saturated carbocycles. The molecule has 3 unspecified atom stereocenters. The van der Waals surface area contributed by atoms with Crippen LogP contribution in [0.4, 0.5) is 4.79 Å². The summed E-state index contributed by atoms with van der Waals surface area (Å²) in [6.45, 7) is 2.58. The summed E-state index contributed by atoms with van der Waals surface area (Å²) < 4.78 is 0. The largest absolute Gasteiger partial charge is 0.481 e. The van der Waals surface area contributed by atoms with Crippen LogP contribution in [0.25, 0.3) is 0 Å². The van der Waals surface area contributed by atoms with E-state index in [2.05, 4.69) is 5.32 Å². The summed E-state index contributed by atoms with van der Waals surface area (Å²) in [5, 5.41) is 21.2. The number of carbonyl (C=O) groups is 2. The molecule has 0 bridgehead atoms. The zero-order valence-corrected chi connectivity index (χ0v) is 12.3. The molecule has 6 nitrogen and oxygen atoms in total. The lowest BCUT2D eigenvalue weighted by Gasteiger charge is -2.29. The minimum atomic E-state index is -0.758. The van der Waals surface area contributed by atoms with Crippen LogP contribution in [0.5, 0.6) is 0 Å². The number of nitrogens with one attached hydrogen (secondary N) is 1. The molecule has 1 aliphatic rings. The van der Waals surface area contributed by atoms with Crippen molar-refractivity contribution in [2.75, 3.05) is 20.1 Å². The van der Waals surface area contributed by atoms with Crippen molar-refractivity contribution >= 4 is 12.0 Å². The number of carbonyl (C=O) groups excluding carboxylic acids is 1. The molecule has 116 valence electrons. The summed E-state index contributed by atoms with van der Waals surface area (Å²) in [7, 11) is 1.67. The summed E-state index contributed by atoms with van der Waals surface area (Å²) in [5.74, 6) is -1.08. The van der Waals surface area contributed by atoms with E-state index in [9.17, 15) is 19.8 Å². The Morgan fingerprint density at radius 2 is 2.00 bits per heavy atom. The van der Waals surface area contributed by atoms with E-state index < -0.39 is 12.1 Å². The topological polar surface area (TPSA) is 89.9 Å². The molecule has 1 fully saturated rings. The Morgan fingerprint density at radius 1 is 1.35 bits per heavy atom. The number of amides is 2. The van der Waals surface area contributed by atoms with Gasteiger partial charge in [-0.2, -0.15) is 0 Å². The van der Waals surface area contributed by atoms with E-state index in [1.807, 2.05) is 0 Å². The van der Waals surface area contributed by atoms with Crippen molar-refractivity contribution in [3.05, 3.63) is 0 Å². The molecule has 0 heterocycles. The normalized spacial score (nSPS) is 23.9. The molecule has 1 rings (SSSR count). The van der Waals surface area contributed by atoms with Gasteiger partial charge in [0.15, 0.2) is 0 Å². The maximum Gasteiger partial charge on any atom is 0.317 e. The fourth-order valence-corrected chi connectivity index (χ4v) is 2.61. The molecule has 6 heteroatoms. The summed E-state index contributed by atoms with van der Waals surface area (Å²) in [6, 6.07) is -0.208. The van der Waals surface area contributed by atoms with Gasteiger partial charge < -0.3 is 20.4 Å². The SMILES string of the molecule is CC(O)CCN(C)C(=O)NCC1CCCCC1C(=O)O. The second-order valence-corrected chi connectivity index (χ2v) is 5.73. The van der Waals surface area contributed by atoms with E-state index in [-0.39, 0.29) is 17.9 Å². The maximum absolute atomic E-state index is 11.9. The smallest absolute Gasteiger partial charge is 0.317 e. The minimum absolute atomic E-state index is 0.0235. The number of nitrogens with zero attached hydrogens (tertiary/aromatic N) is 1. The van der Waals surface area contributed by atoms with Gasteiger partial charge in [0, 0.05) is 20.1 Å². The van der Waals surface area contributed by atoms with Crippen molar-refractivity contribution in [3.63, 3.8) is 0 Å². The number of hydrogen-bond donors (Lipinski definition) is 3. The molecule has 0 spiro atoms. The van der Waals surface area contributed by atoms with Crippen LogP contribution in [0.3, 0.4) is 0 Å². The lowest BCUT2D eigenvalue weighted by Crippen LogP contribution is -2.43. The Bertz CT molecular complexity index is 333. The third-order valence-corrected chi connectivity index (χ3v) is 3.97. The number of carboxylic acids is 1. The molecule has 2 amide bonds. The average Bonchev–Trinajstić information content (AvgIpc) is 2.42. The average molecular weight is 286 g/mol. The highest BCUT2D eigenvalue weighted by atomic mass is 16.4. The molecule has 0 radical (unpaired) electrons. The van der Waals surface area contributed by atoms with Crippen molar-refractivity contribution in [1.29, 1.82) is 0 Å². The van der Waals surface area contributed by atoms with E-state index >= 15 is 0 Å².